The summed E-state index contributed by atoms with van der Waals surface area (Å²) >= 11 is 1.48. The van der Waals surface area contributed by atoms with Crippen LogP contribution in [0.5, 0.6) is 0 Å². The van der Waals surface area contributed by atoms with Crippen molar-refractivity contribution < 1.29 is 13.5 Å². The zero-order chi connectivity index (χ0) is 15.1. The molecule has 0 aromatic carbocycles. The van der Waals surface area contributed by atoms with Gasteiger partial charge in [-0.05, 0) is 24.3 Å². The monoisotopic (exact) mass is 328 g/mol. The Hall–Kier alpha value is -0.910. The lowest BCUT2D eigenvalue weighted by molar-refractivity contribution is 0.305. The standard InChI is InChI=1S/C14H20N2O3S2/c17-10-5-2-6-13-7-11-20-14(13)12-15-21(18,19)16-8-3-1-4-9-16/h7,11,15,17H,1,3-5,8-10,12H2. The number of hydrogen-bond acceptors (Lipinski definition) is 4. The molecule has 7 heteroatoms. The molecular weight excluding hydrogens is 308 g/mol. The first-order chi connectivity index (χ1) is 10.1. The maximum atomic E-state index is 12.2. The van der Waals surface area contributed by atoms with Gasteiger partial charge in [-0.15, -0.1) is 11.3 Å². The molecule has 0 radical (unpaired) electrons. The van der Waals surface area contributed by atoms with E-state index in [-0.39, 0.29) is 13.2 Å². The molecule has 0 aliphatic carbocycles. The summed E-state index contributed by atoms with van der Waals surface area (Å²) in [5.74, 6) is 5.82. The number of thiophene rings is 1. The summed E-state index contributed by atoms with van der Waals surface area (Å²) in [5, 5.41) is 10.6. The first-order valence-electron chi connectivity index (χ1n) is 7.04. The number of hydrogen-bond donors (Lipinski definition) is 2. The molecule has 2 rings (SSSR count). The average Bonchev–Trinajstić information content (AvgIpc) is 2.94. The average molecular weight is 328 g/mol. The third-order valence-electron chi connectivity index (χ3n) is 3.28. The lowest BCUT2D eigenvalue weighted by Crippen LogP contribution is -2.43. The van der Waals surface area contributed by atoms with Gasteiger partial charge in [-0.2, -0.15) is 17.4 Å². The van der Waals surface area contributed by atoms with Gasteiger partial charge in [0.25, 0.3) is 10.2 Å². The van der Waals surface area contributed by atoms with Crippen molar-refractivity contribution >= 4 is 21.5 Å². The number of aliphatic hydroxyl groups is 1. The van der Waals surface area contributed by atoms with Gasteiger partial charge >= 0.3 is 0 Å². The van der Waals surface area contributed by atoms with Crippen LogP contribution in [0.25, 0.3) is 0 Å². The maximum absolute atomic E-state index is 12.2. The third-order valence-corrected chi connectivity index (χ3v) is 5.75. The molecule has 1 aromatic heterocycles. The molecule has 2 N–H and O–H groups in total. The van der Waals surface area contributed by atoms with Gasteiger partial charge in [0.1, 0.15) is 0 Å². The molecule has 1 fully saturated rings. The van der Waals surface area contributed by atoms with E-state index in [2.05, 4.69) is 16.6 Å². The number of aliphatic hydroxyl groups excluding tert-OH is 1. The predicted octanol–water partition coefficient (Wildman–Crippen LogP) is 1.30. The SMILES string of the molecule is O=S(=O)(NCc1sccc1C#CCCO)N1CCCCC1. The van der Waals surface area contributed by atoms with E-state index in [1.165, 1.54) is 15.6 Å². The van der Waals surface area contributed by atoms with Crippen molar-refractivity contribution in [1.82, 2.24) is 9.03 Å². The summed E-state index contributed by atoms with van der Waals surface area (Å²) in [7, 11) is -3.40. The lowest BCUT2D eigenvalue weighted by atomic mass is 10.2. The van der Waals surface area contributed by atoms with Crippen LogP contribution < -0.4 is 4.72 Å². The first-order valence-corrected chi connectivity index (χ1v) is 9.36. The highest BCUT2D eigenvalue weighted by Gasteiger charge is 2.23. The minimum atomic E-state index is -3.40. The molecule has 0 atom stereocenters. The molecule has 1 aliphatic rings. The Morgan fingerprint density at radius 3 is 2.81 bits per heavy atom. The van der Waals surface area contributed by atoms with Crippen molar-refractivity contribution in [3.8, 4) is 11.8 Å². The van der Waals surface area contributed by atoms with Crippen molar-refractivity contribution in [3.63, 3.8) is 0 Å². The van der Waals surface area contributed by atoms with Crippen LogP contribution in [0.2, 0.25) is 0 Å². The van der Waals surface area contributed by atoms with Gasteiger partial charge < -0.3 is 5.11 Å². The summed E-state index contributed by atoms with van der Waals surface area (Å²) in [5.41, 5.74) is 0.829. The number of nitrogens with one attached hydrogen (secondary N) is 1. The molecule has 1 saturated heterocycles. The molecule has 0 unspecified atom stereocenters. The highest BCUT2D eigenvalue weighted by Crippen LogP contribution is 2.17. The smallest absolute Gasteiger partial charge is 0.279 e. The second kappa shape index (κ2) is 7.92. The molecule has 0 saturated carbocycles. The van der Waals surface area contributed by atoms with E-state index in [1.807, 2.05) is 11.4 Å². The Morgan fingerprint density at radius 1 is 1.33 bits per heavy atom. The number of piperidine rings is 1. The van der Waals surface area contributed by atoms with E-state index in [1.54, 1.807) is 0 Å². The fraction of sp³-hybridized carbons (Fsp3) is 0.571. The molecule has 0 bridgehead atoms. The van der Waals surface area contributed by atoms with Crippen LogP contribution in [0.1, 0.15) is 36.1 Å². The summed E-state index contributed by atoms with van der Waals surface area (Å²) in [4.78, 5) is 0.904. The fourth-order valence-electron chi connectivity index (χ4n) is 2.16. The predicted molar refractivity (Wildman–Crippen MR) is 84.1 cm³/mol. The quantitative estimate of drug-likeness (QED) is 0.801. The molecule has 21 heavy (non-hydrogen) atoms. The number of rotatable bonds is 5. The normalized spacial score (nSPS) is 16.4. The van der Waals surface area contributed by atoms with E-state index in [4.69, 9.17) is 5.11 Å². The molecular formula is C14H20N2O3S2. The van der Waals surface area contributed by atoms with Crippen molar-refractivity contribution in [3.05, 3.63) is 21.9 Å². The van der Waals surface area contributed by atoms with Crippen LogP contribution in [-0.2, 0) is 16.8 Å². The van der Waals surface area contributed by atoms with Crippen molar-refractivity contribution in [2.75, 3.05) is 19.7 Å². The van der Waals surface area contributed by atoms with Gasteiger partial charge in [0.05, 0.1) is 6.61 Å². The molecule has 116 valence electrons. The number of nitrogens with zero attached hydrogens (tertiary/aromatic N) is 1. The van der Waals surface area contributed by atoms with Crippen LogP contribution in [0.3, 0.4) is 0 Å². The Bertz CT molecular complexity index is 608. The van der Waals surface area contributed by atoms with Crippen LogP contribution in [0, 0.1) is 11.8 Å². The van der Waals surface area contributed by atoms with Gasteiger partial charge in [-0.25, -0.2) is 0 Å². The molecule has 1 aromatic rings. The van der Waals surface area contributed by atoms with E-state index >= 15 is 0 Å². The second-order valence-electron chi connectivity index (χ2n) is 4.82. The van der Waals surface area contributed by atoms with Crippen LogP contribution in [0.4, 0.5) is 0 Å². The summed E-state index contributed by atoms with van der Waals surface area (Å²) in [6, 6.07) is 1.87. The summed E-state index contributed by atoms with van der Waals surface area (Å²) in [6.07, 6.45) is 3.38. The Labute approximate surface area is 130 Å². The van der Waals surface area contributed by atoms with Gasteiger partial charge in [0.15, 0.2) is 0 Å². The van der Waals surface area contributed by atoms with Crippen LogP contribution in [-0.4, -0.2) is 37.5 Å². The second-order valence-corrected chi connectivity index (χ2v) is 7.57. The minimum absolute atomic E-state index is 0.0358. The molecule has 2 heterocycles. The Morgan fingerprint density at radius 2 is 2.10 bits per heavy atom. The van der Waals surface area contributed by atoms with Crippen molar-refractivity contribution in [2.24, 2.45) is 0 Å². The van der Waals surface area contributed by atoms with Gasteiger partial charge in [-0.3, -0.25) is 0 Å². The zero-order valence-corrected chi connectivity index (χ0v) is 13.5. The molecule has 0 spiro atoms. The largest absolute Gasteiger partial charge is 0.395 e. The highest BCUT2D eigenvalue weighted by molar-refractivity contribution is 7.87. The Kier molecular flexibility index (Phi) is 6.21. The lowest BCUT2D eigenvalue weighted by Gasteiger charge is -2.25. The minimum Gasteiger partial charge on any atom is -0.395 e. The Balaban J connectivity index is 1.97. The fourth-order valence-corrected chi connectivity index (χ4v) is 4.27. The van der Waals surface area contributed by atoms with Gasteiger partial charge in [-0.1, -0.05) is 18.3 Å². The van der Waals surface area contributed by atoms with Crippen LogP contribution in [0.15, 0.2) is 11.4 Å². The van der Waals surface area contributed by atoms with E-state index < -0.39 is 10.2 Å². The van der Waals surface area contributed by atoms with Crippen molar-refractivity contribution in [1.29, 1.82) is 0 Å². The van der Waals surface area contributed by atoms with Crippen molar-refractivity contribution in [2.45, 2.75) is 32.2 Å². The van der Waals surface area contributed by atoms with E-state index in [0.29, 0.717) is 19.5 Å². The van der Waals surface area contributed by atoms with Crippen LogP contribution >= 0.6 is 11.3 Å². The summed E-state index contributed by atoms with van der Waals surface area (Å²) < 4.78 is 28.6. The highest BCUT2D eigenvalue weighted by atomic mass is 32.2. The van der Waals surface area contributed by atoms with E-state index in [0.717, 1.165) is 29.7 Å². The molecule has 0 amide bonds. The first kappa shape index (κ1) is 16.5. The molecule has 5 nitrogen and oxygen atoms in total. The topological polar surface area (TPSA) is 69.6 Å². The maximum Gasteiger partial charge on any atom is 0.279 e. The van der Waals surface area contributed by atoms with Gasteiger partial charge in [0, 0.05) is 36.5 Å². The molecule has 1 aliphatic heterocycles. The third kappa shape index (κ3) is 4.80. The summed E-state index contributed by atoms with van der Waals surface area (Å²) in [6.45, 7) is 1.50. The zero-order valence-electron chi connectivity index (χ0n) is 11.8. The van der Waals surface area contributed by atoms with E-state index in [9.17, 15) is 8.42 Å². The van der Waals surface area contributed by atoms with Gasteiger partial charge in [0.2, 0.25) is 0 Å².